The molecule has 1 saturated carbocycles. The summed E-state index contributed by atoms with van der Waals surface area (Å²) < 4.78 is 34.4. The number of carbonyl (C=O) groups excluding carboxylic acids is 1. The van der Waals surface area contributed by atoms with Crippen LogP contribution in [0.3, 0.4) is 0 Å². The predicted molar refractivity (Wildman–Crippen MR) is 106 cm³/mol. The van der Waals surface area contributed by atoms with Gasteiger partial charge in [0.1, 0.15) is 5.75 Å². The summed E-state index contributed by atoms with van der Waals surface area (Å²) in [5, 5.41) is 2.77. The monoisotopic (exact) mass is 385 g/mol. The van der Waals surface area contributed by atoms with Crippen molar-refractivity contribution in [1.29, 1.82) is 0 Å². The number of hydrogen-bond acceptors (Lipinski definition) is 2. The zero-order valence-corrected chi connectivity index (χ0v) is 16.3. The molecule has 1 N–H and O–H groups in total. The Morgan fingerprint density at radius 2 is 1.81 bits per heavy atom. The first kappa shape index (κ1) is 24.8. The van der Waals surface area contributed by atoms with Crippen molar-refractivity contribution in [1.82, 2.24) is 0 Å². The SMILES string of the molecule is C=CC(=O)Nc1ccc(OC)c(/C=C/C2CCCCC2)c1.CC.FC(F)F. The van der Waals surface area contributed by atoms with E-state index in [1.165, 1.54) is 38.2 Å². The molecule has 1 aromatic rings. The van der Waals surface area contributed by atoms with Crippen LogP contribution in [0, 0.1) is 5.92 Å². The molecule has 0 unspecified atom stereocenters. The van der Waals surface area contributed by atoms with Gasteiger partial charge in [-0.3, -0.25) is 4.79 Å². The first-order chi connectivity index (χ1) is 13.0. The second kappa shape index (κ2) is 14.9. The molecule has 1 amide bonds. The lowest BCUT2D eigenvalue weighted by Crippen LogP contribution is -2.07. The Balaban J connectivity index is 0.000000998. The fourth-order valence-electron chi connectivity index (χ4n) is 2.70. The molecule has 27 heavy (non-hydrogen) atoms. The number of nitrogens with one attached hydrogen (secondary N) is 1. The Morgan fingerprint density at radius 1 is 1.22 bits per heavy atom. The second-order valence-electron chi connectivity index (χ2n) is 5.65. The Kier molecular flexibility index (Phi) is 13.6. The Labute approximate surface area is 160 Å². The lowest BCUT2D eigenvalue weighted by Gasteiger charge is -2.18. The van der Waals surface area contributed by atoms with Gasteiger partial charge < -0.3 is 10.1 Å². The van der Waals surface area contributed by atoms with Gasteiger partial charge in [-0.15, -0.1) is 0 Å². The van der Waals surface area contributed by atoms with E-state index < -0.39 is 6.68 Å². The summed E-state index contributed by atoms with van der Waals surface area (Å²) in [7, 11) is 1.66. The molecule has 0 saturated heterocycles. The molecule has 6 heteroatoms. The van der Waals surface area contributed by atoms with Crippen LogP contribution in [-0.4, -0.2) is 19.7 Å². The van der Waals surface area contributed by atoms with E-state index in [2.05, 4.69) is 24.0 Å². The van der Waals surface area contributed by atoms with Crippen molar-refractivity contribution in [2.24, 2.45) is 5.92 Å². The summed E-state index contributed by atoms with van der Waals surface area (Å²) in [6.07, 6.45) is 12.2. The summed E-state index contributed by atoms with van der Waals surface area (Å²) in [5.41, 5.74) is 1.74. The highest BCUT2D eigenvalue weighted by Gasteiger charge is 2.10. The zero-order valence-electron chi connectivity index (χ0n) is 16.3. The molecule has 0 radical (unpaired) electrons. The molecule has 0 aromatic heterocycles. The normalized spacial score (nSPS) is 13.9. The molecule has 1 aliphatic carbocycles. The van der Waals surface area contributed by atoms with Crippen molar-refractivity contribution < 1.29 is 22.7 Å². The average molecular weight is 385 g/mol. The lowest BCUT2D eigenvalue weighted by molar-refractivity contribution is -0.111. The van der Waals surface area contributed by atoms with Gasteiger partial charge in [-0.2, -0.15) is 13.2 Å². The van der Waals surface area contributed by atoms with Crippen molar-refractivity contribution in [3.8, 4) is 5.75 Å². The van der Waals surface area contributed by atoms with Gasteiger partial charge in [-0.05, 0) is 43.0 Å². The third-order valence-electron chi connectivity index (χ3n) is 3.88. The van der Waals surface area contributed by atoms with Crippen LogP contribution in [-0.2, 0) is 4.79 Å². The first-order valence-corrected chi connectivity index (χ1v) is 9.18. The van der Waals surface area contributed by atoms with Gasteiger partial charge in [0, 0.05) is 11.3 Å². The Hall–Kier alpha value is -2.24. The predicted octanol–water partition coefficient (Wildman–Crippen LogP) is 6.62. The molecule has 0 atom stereocenters. The van der Waals surface area contributed by atoms with Gasteiger partial charge in [0.05, 0.1) is 7.11 Å². The Morgan fingerprint density at radius 3 is 2.33 bits per heavy atom. The number of allylic oxidation sites excluding steroid dienone is 1. The van der Waals surface area contributed by atoms with Gasteiger partial charge in [0.25, 0.3) is 0 Å². The number of hydrogen-bond donors (Lipinski definition) is 1. The number of benzene rings is 1. The van der Waals surface area contributed by atoms with E-state index >= 15 is 0 Å². The summed E-state index contributed by atoms with van der Waals surface area (Å²) in [6.45, 7) is 3.79. The number of halogens is 3. The first-order valence-electron chi connectivity index (χ1n) is 9.18. The molecule has 1 fully saturated rings. The van der Waals surface area contributed by atoms with Crippen LogP contribution in [0.25, 0.3) is 6.08 Å². The van der Waals surface area contributed by atoms with Crippen LogP contribution in [0.15, 0.2) is 36.9 Å². The third kappa shape index (κ3) is 11.2. The largest absolute Gasteiger partial charge is 0.496 e. The van der Waals surface area contributed by atoms with Crippen LogP contribution in [0.5, 0.6) is 5.75 Å². The van der Waals surface area contributed by atoms with Gasteiger partial charge in [0.2, 0.25) is 5.91 Å². The maximum atomic E-state index is 11.4. The van der Waals surface area contributed by atoms with Crippen LogP contribution < -0.4 is 10.1 Å². The minimum absolute atomic E-state index is 0.206. The molecule has 2 rings (SSSR count). The lowest BCUT2D eigenvalue weighted by atomic mass is 9.88. The molecule has 0 bridgehead atoms. The fourth-order valence-corrected chi connectivity index (χ4v) is 2.70. The molecule has 152 valence electrons. The maximum Gasteiger partial charge on any atom is 0.379 e. The average Bonchev–Trinajstić information content (AvgIpc) is 2.68. The number of ether oxygens (including phenoxy) is 1. The Bertz CT molecular complexity index is 580. The molecule has 0 spiro atoms. The standard InChI is InChI=1S/C18H23NO2.C2H6.CHF3/c1-3-18(20)19-16-11-12-17(21-2)15(13-16)10-9-14-7-5-4-6-8-14;1-2;2-1(3)4/h3,9-14H,1,4-8H2,2H3,(H,19,20);1-2H3;1H/b10-9+;;. The molecule has 3 nitrogen and oxygen atoms in total. The third-order valence-corrected chi connectivity index (χ3v) is 3.88. The highest BCUT2D eigenvalue weighted by Crippen LogP contribution is 2.28. The smallest absolute Gasteiger partial charge is 0.379 e. The minimum atomic E-state index is -3.67. The quantitative estimate of drug-likeness (QED) is 0.579. The van der Waals surface area contributed by atoms with Crippen LogP contribution in [0.4, 0.5) is 18.9 Å². The number of methoxy groups -OCH3 is 1. The van der Waals surface area contributed by atoms with Gasteiger partial charge in [-0.1, -0.05) is 51.8 Å². The summed E-state index contributed by atoms with van der Waals surface area (Å²) in [6, 6.07) is 5.64. The molecular formula is C21H30F3NO2. The minimum Gasteiger partial charge on any atom is -0.496 e. The van der Waals surface area contributed by atoms with E-state index in [9.17, 15) is 18.0 Å². The number of carbonyl (C=O) groups is 1. The second-order valence-corrected chi connectivity index (χ2v) is 5.65. The number of amides is 1. The number of anilines is 1. The summed E-state index contributed by atoms with van der Waals surface area (Å²) in [4.78, 5) is 11.4. The molecular weight excluding hydrogens is 355 g/mol. The maximum absolute atomic E-state index is 11.4. The zero-order chi connectivity index (χ0) is 20.7. The highest BCUT2D eigenvalue weighted by molar-refractivity contribution is 5.99. The van der Waals surface area contributed by atoms with Gasteiger partial charge in [0.15, 0.2) is 0 Å². The fraction of sp³-hybridized carbons (Fsp3) is 0.476. The van der Waals surface area contributed by atoms with Crippen molar-refractivity contribution in [2.45, 2.75) is 52.6 Å². The molecule has 1 aliphatic rings. The molecule has 0 aliphatic heterocycles. The van der Waals surface area contributed by atoms with E-state index in [0.717, 1.165) is 17.0 Å². The van der Waals surface area contributed by atoms with E-state index in [1.54, 1.807) is 7.11 Å². The van der Waals surface area contributed by atoms with Crippen molar-refractivity contribution in [2.75, 3.05) is 12.4 Å². The van der Waals surface area contributed by atoms with Crippen LogP contribution in [0.2, 0.25) is 0 Å². The highest BCUT2D eigenvalue weighted by atomic mass is 19.4. The molecule has 1 aromatic carbocycles. The molecule has 0 heterocycles. The van der Waals surface area contributed by atoms with E-state index in [4.69, 9.17) is 4.74 Å². The summed E-state index contributed by atoms with van der Waals surface area (Å²) in [5.74, 6) is 1.27. The topological polar surface area (TPSA) is 38.3 Å². The van der Waals surface area contributed by atoms with Gasteiger partial charge >= 0.3 is 6.68 Å². The number of alkyl halides is 3. The summed E-state index contributed by atoms with van der Waals surface area (Å²) >= 11 is 0. The van der Waals surface area contributed by atoms with E-state index in [1.807, 2.05) is 32.0 Å². The van der Waals surface area contributed by atoms with Crippen molar-refractivity contribution in [3.63, 3.8) is 0 Å². The van der Waals surface area contributed by atoms with Crippen molar-refractivity contribution in [3.05, 3.63) is 42.5 Å². The van der Waals surface area contributed by atoms with E-state index in [0.29, 0.717) is 5.92 Å². The number of rotatable bonds is 5. The van der Waals surface area contributed by atoms with E-state index in [-0.39, 0.29) is 5.91 Å². The van der Waals surface area contributed by atoms with Crippen LogP contribution >= 0.6 is 0 Å². The van der Waals surface area contributed by atoms with Crippen molar-refractivity contribution >= 4 is 17.7 Å². The van der Waals surface area contributed by atoms with Gasteiger partial charge in [-0.25, -0.2) is 0 Å². The van der Waals surface area contributed by atoms with Crippen LogP contribution in [0.1, 0.15) is 51.5 Å².